The fraction of sp³-hybridized carbons (Fsp3) is 0.650. The van der Waals surface area contributed by atoms with Crippen molar-refractivity contribution in [3.05, 3.63) is 23.4 Å². The van der Waals surface area contributed by atoms with Gasteiger partial charge >= 0.3 is 0 Å². The van der Waals surface area contributed by atoms with E-state index in [9.17, 15) is 9.59 Å². The molecule has 0 radical (unpaired) electrons. The third-order valence-corrected chi connectivity index (χ3v) is 4.91. The molecule has 2 atom stereocenters. The van der Waals surface area contributed by atoms with Crippen LogP contribution in [0.5, 0.6) is 5.88 Å². The van der Waals surface area contributed by atoms with Gasteiger partial charge in [-0.2, -0.15) is 0 Å². The number of ether oxygens (including phenoxy) is 2. The van der Waals surface area contributed by atoms with Crippen LogP contribution < -0.4 is 15.8 Å². The predicted molar refractivity (Wildman–Crippen MR) is 100 cm³/mol. The second-order valence-corrected chi connectivity index (χ2v) is 7.90. The number of hydrogen-bond acceptors (Lipinski definition) is 5. The highest BCUT2D eigenvalue weighted by Gasteiger charge is 2.27. The number of nitrogens with zero attached hydrogens (tertiary/aromatic N) is 1. The second-order valence-electron chi connectivity index (χ2n) is 7.90. The lowest BCUT2D eigenvalue weighted by atomic mass is 10.0. The Bertz CT molecular complexity index is 682. The summed E-state index contributed by atoms with van der Waals surface area (Å²) < 4.78 is 11.7. The topological polar surface area (TPSA) is 104 Å². The Hall–Kier alpha value is -2.15. The van der Waals surface area contributed by atoms with E-state index in [2.05, 4.69) is 10.3 Å². The van der Waals surface area contributed by atoms with E-state index in [-0.39, 0.29) is 17.7 Å². The van der Waals surface area contributed by atoms with Crippen molar-refractivity contribution < 1.29 is 19.1 Å². The average Bonchev–Trinajstić information content (AvgIpc) is 3.30. The zero-order valence-corrected chi connectivity index (χ0v) is 16.1. The van der Waals surface area contributed by atoms with Gasteiger partial charge in [-0.1, -0.05) is 13.8 Å². The molecule has 1 saturated carbocycles. The molecule has 2 amide bonds. The average molecular weight is 375 g/mol. The summed E-state index contributed by atoms with van der Waals surface area (Å²) in [5, 5.41) is 2.69. The fourth-order valence-corrected chi connectivity index (χ4v) is 3.19. The van der Waals surface area contributed by atoms with Crippen LogP contribution in [-0.2, 0) is 9.53 Å². The van der Waals surface area contributed by atoms with Gasteiger partial charge in [0.2, 0.25) is 11.8 Å². The van der Waals surface area contributed by atoms with Gasteiger partial charge in [-0.15, -0.1) is 0 Å². The molecule has 0 bridgehead atoms. The molecule has 1 aromatic heterocycles. The number of carbonyl (C=O) groups is 2. The Labute approximate surface area is 160 Å². The van der Waals surface area contributed by atoms with Gasteiger partial charge in [0.05, 0.1) is 12.7 Å². The Morgan fingerprint density at radius 3 is 2.70 bits per heavy atom. The lowest BCUT2D eigenvalue weighted by Crippen LogP contribution is -2.45. The van der Waals surface area contributed by atoms with Crippen molar-refractivity contribution in [1.82, 2.24) is 10.3 Å². The summed E-state index contributed by atoms with van der Waals surface area (Å²) in [6.07, 6.45) is 4.72. The van der Waals surface area contributed by atoms with E-state index in [4.69, 9.17) is 15.2 Å². The first kappa shape index (κ1) is 19.6. The highest BCUT2D eigenvalue weighted by molar-refractivity contribution is 5.96. The van der Waals surface area contributed by atoms with Crippen LogP contribution in [0.15, 0.2) is 12.1 Å². The maximum atomic E-state index is 12.6. The van der Waals surface area contributed by atoms with Crippen molar-refractivity contribution in [3.63, 3.8) is 0 Å². The lowest BCUT2D eigenvalue weighted by molar-refractivity contribution is -0.120. The summed E-state index contributed by atoms with van der Waals surface area (Å²) in [7, 11) is 0. The molecule has 2 heterocycles. The van der Waals surface area contributed by atoms with Crippen molar-refractivity contribution in [2.45, 2.75) is 58.1 Å². The fourth-order valence-electron chi connectivity index (χ4n) is 3.19. The summed E-state index contributed by atoms with van der Waals surface area (Å²) in [6.45, 7) is 5.28. The van der Waals surface area contributed by atoms with Crippen molar-refractivity contribution >= 4 is 11.8 Å². The van der Waals surface area contributed by atoms with Crippen LogP contribution in [-0.4, -0.2) is 36.1 Å². The number of carbonyl (C=O) groups excluding carboxylic acids is 2. The molecule has 0 spiro atoms. The SMILES string of the molecule is CC(C)C[C@H](NC(=O)c1ccc(C2CCCO2)c(OCC2CC2)n1)C(N)=O. The van der Waals surface area contributed by atoms with E-state index in [1.54, 1.807) is 6.07 Å². The molecule has 3 N–H and O–H groups in total. The maximum absolute atomic E-state index is 12.6. The normalized spacial score (nSPS) is 20.5. The highest BCUT2D eigenvalue weighted by atomic mass is 16.5. The van der Waals surface area contributed by atoms with Crippen LogP contribution in [0.25, 0.3) is 0 Å². The summed E-state index contributed by atoms with van der Waals surface area (Å²) >= 11 is 0. The zero-order valence-electron chi connectivity index (χ0n) is 16.1. The number of primary amides is 1. The van der Waals surface area contributed by atoms with Gasteiger partial charge in [-0.05, 0) is 56.1 Å². The summed E-state index contributed by atoms with van der Waals surface area (Å²) in [4.78, 5) is 28.7. The summed E-state index contributed by atoms with van der Waals surface area (Å²) in [5.74, 6) is 0.302. The quantitative estimate of drug-likeness (QED) is 0.689. The van der Waals surface area contributed by atoms with Crippen LogP contribution >= 0.6 is 0 Å². The van der Waals surface area contributed by atoms with Gasteiger partial charge in [0.15, 0.2) is 0 Å². The molecule has 3 rings (SSSR count). The third kappa shape index (κ3) is 5.42. The predicted octanol–water partition coefficient (Wildman–Crippen LogP) is 2.35. The Morgan fingerprint density at radius 1 is 1.33 bits per heavy atom. The number of aromatic nitrogens is 1. The van der Waals surface area contributed by atoms with E-state index in [0.29, 0.717) is 24.8 Å². The van der Waals surface area contributed by atoms with Crippen LogP contribution in [0.3, 0.4) is 0 Å². The minimum Gasteiger partial charge on any atom is -0.477 e. The molecule has 0 aromatic carbocycles. The second kappa shape index (κ2) is 8.69. The van der Waals surface area contributed by atoms with Crippen molar-refractivity contribution in [1.29, 1.82) is 0 Å². The molecule has 1 aliphatic carbocycles. The van der Waals surface area contributed by atoms with Crippen molar-refractivity contribution in [2.75, 3.05) is 13.2 Å². The van der Waals surface area contributed by atoms with E-state index >= 15 is 0 Å². The molecule has 27 heavy (non-hydrogen) atoms. The van der Waals surface area contributed by atoms with Gasteiger partial charge in [-0.25, -0.2) is 4.98 Å². The van der Waals surface area contributed by atoms with Crippen LogP contribution in [0, 0.1) is 11.8 Å². The van der Waals surface area contributed by atoms with Crippen LogP contribution in [0.4, 0.5) is 0 Å². The highest BCUT2D eigenvalue weighted by Crippen LogP contribution is 2.35. The van der Waals surface area contributed by atoms with Crippen LogP contribution in [0.1, 0.15) is 68.1 Å². The minimum absolute atomic E-state index is 0.0388. The summed E-state index contributed by atoms with van der Waals surface area (Å²) in [5.41, 5.74) is 6.53. The largest absolute Gasteiger partial charge is 0.477 e. The first-order chi connectivity index (χ1) is 12.9. The van der Waals surface area contributed by atoms with Crippen molar-refractivity contribution in [3.8, 4) is 5.88 Å². The number of pyridine rings is 1. The van der Waals surface area contributed by atoms with Gasteiger partial charge in [0, 0.05) is 12.2 Å². The first-order valence-corrected chi connectivity index (χ1v) is 9.79. The Morgan fingerprint density at radius 2 is 2.11 bits per heavy atom. The number of rotatable bonds is 9. The molecule has 148 valence electrons. The molecular weight excluding hydrogens is 346 g/mol. The van der Waals surface area contributed by atoms with Crippen LogP contribution in [0.2, 0.25) is 0 Å². The van der Waals surface area contributed by atoms with Gasteiger partial charge in [-0.3, -0.25) is 9.59 Å². The Kier molecular flexibility index (Phi) is 6.31. The molecule has 2 aliphatic rings. The minimum atomic E-state index is -0.715. The van der Waals surface area contributed by atoms with Gasteiger partial charge < -0.3 is 20.5 Å². The molecule has 2 fully saturated rings. The molecule has 1 aromatic rings. The van der Waals surface area contributed by atoms with E-state index in [1.807, 2.05) is 19.9 Å². The summed E-state index contributed by atoms with van der Waals surface area (Å²) in [6, 6.07) is 2.79. The molecule has 7 heteroatoms. The Balaban J connectivity index is 1.76. The third-order valence-electron chi connectivity index (χ3n) is 4.91. The number of nitrogens with two attached hydrogens (primary N) is 1. The van der Waals surface area contributed by atoms with Crippen molar-refractivity contribution in [2.24, 2.45) is 17.6 Å². The monoisotopic (exact) mass is 375 g/mol. The van der Waals surface area contributed by atoms with E-state index < -0.39 is 17.9 Å². The van der Waals surface area contributed by atoms with E-state index in [1.165, 1.54) is 12.8 Å². The molecule has 1 unspecified atom stereocenters. The number of hydrogen-bond donors (Lipinski definition) is 2. The molecular formula is C20H29N3O4. The number of nitrogens with one attached hydrogen (secondary N) is 1. The number of amides is 2. The zero-order chi connectivity index (χ0) is 19.4. The lowest BCUT2D eigenvalue weighted by Gasteiger charge is -2.19. The molecule has 1 aliphatic heterocycles. The smallest absolute Gasteiger partial charge is 0.270 e. The van der Waals surface area contributed by atoms with Gasteiger partial charge in [0.1, 0.15) is 11.7 Å². The van der Waals surface area contributed by atoms with E-state index in [0.717, 1.165) is 25.0 Å². The molecule has 7 nitrogen and oxygen atoms in total. The standard InChI is InChI=1S/C20H29N3O4/c1-12(2)10-16(18(21)24)22-19(25)15-8-7-14(17-4-3-9-26-17)20(23-15)27-11-13-5-6-13/h7-8,12-13,16-17H,3-6,9-11H2,1-2H3,(H2,21,24)(H,22,25)/t16-,17?/m0/s1. The maximum Gasteiger partial charge on any atom is 0.270 e. The van der Waals surface area contributed by atoms with Gasteiger partial charge in [0.25, 0.3) is 5.91 Å². The molecule has 1 saturated heterocycles. The first-order valence-electron chi connectivity index (χ1n) is 9.79.